The second-order valence-corrected chi connectivity index (χ2v) is 8.11. The van der Waals surface area contributed by atoms with Crippen molar-refractivity contribution >= 4 is 23.4 Å². The maximum atomic E-state index is 13.4. The Kier molecular flexibility index (Phi) is 9.33. The van der Waals surface area contributed by atoms with E-state index in [0.717, 1.165) is 16.9 Å². The fourth-order valence-corrected chi connectivity index (χ4v) is 3.80. The Balaban J connectivity index is 1.76. The summed E-state index contributed by atoms with van der Waals surface area (Å²) in [6.07, 6.45) is 1.22. The number of halogens is 1. The minimum absolute atomic E-state index is 0.115. The summed E-state index contributed by atoms with van der Waals surface area (Å²) in [6, 6.07) is 25.9. The monoisotopic (exact) mass is 464 g/mol. The van der Waals surface area contributed by atoms with Gasteiger partial charge in [-0.15, -0.1) is 0 Å². The van der Waals surface area contributed by atoms with Crippen molar-refractivity contribution in [1.29, 1.82) is 0 Å². The average molecular weight is 465 g/mol. The number of ether oxygens (including phenoxy) is 1. The largest absolute Gasteiger partial charge is 0.494 e. The quantitative estimate of drug-likeness (QED) is 0.411. The zero-order chi connectivity index (χ0) is 23.5. The standard InChI is InChI=1S/C27H29ClN2O3/c1-29-27(32)25(19-21-11-4-2-5-12-21)30(20-22-13-8-9-16-24(22)28)26(31)17-10-18-33-23-14-6-3-7-15-23/h2-9,11-16,25H,10,17-20H2,1H3,(H,29,32)/t25-/m1/s1. The van der Waals surface area contributed by atoms with Crippen molar-refractivity contribution in [2.45, 2.75) is 31.8 Å². The molecule has 1 N–H and O–H groups in total. The number of nitrogens with zero attached hydrogens (tertiary/aromatic N) is 1. The SMILES string of the molecule is CNC(=O)[C@@H](Cc1ccccc1)N(Cc1ccccc1Cl)C(=O)CCCOc1ccccc1. The minimum atomic E-state index is -0.656. The van der Waals surface area contributed by atoms with Crippen LogP contribution < -0.4 is 10.1 Å². The van der Waals surface area contributed by atoms with Gasteiger partial charge in [0.15, 0.2) is 0 Å². The van der Waals surface area contributed by atoms with Gasteiger partial charge in [0.1, 0.15) is 11.8 Å². The molecule has 2 amide bonds. The van der Waals surface area contributed by atoms with Crippen LogP contribution in [0.4, 0.5) is 0 Å². The van der Waals surface area contributed by atoms with Crippen molar-refractivity contribution in [3.8, 4) is 5.75 Å². The van der Waals surface area contributed by atoms with Crippen LogP contribution in [-0.4, -0.2) is 36.4 Å². The van der Waals surface area contributed by atoms with Crippen molar-refractivity contribution < 1.29 is 14.3 Å². The third-order valence-corrected chi connectivity index (χ3v) is 5.73. The highest BCUT2D eigenvalue weighted by molar-refractivity contribution is 6.31. The van der Waals surface area contributed by atoms with E-state index in [1.165, 1.54) is 0 Å². The Morgan fingerprint density at radius 2 is 1.58 bits per heavy atom. The van der Waals surface area contributed by atoms with E-state index >= 15 is 0 Å². The molecular weight excluding hydrogens is 436 g/mol. The molecule has 0 fully saturated rings. The minimum Gasteiger partial charge on any atom is -0.494 e. The number of amides is 2. The van der Waals surface area contributed by atoms with Gasteiger partial charge in [-0.2, -0.15) is 0 Å². The number of hydrogen-bond donors (Lipinski definition) is 1. The molecule has 0 aliphatic rings. The highest BCUT2D eigenvalue weighted by atomic mass is 35.5. The Hall–Kier alpha value is -3.31. The second kappa shape index (κ2) is 12.7. The molecule has 0 bridgehead atoms. The van der Waals surface area contributed by atoms with Crippen LogP contribution in [0.15, 0.2) is 84.9 Å². The summed E-state index contributed by atoms with van der Waals surface area (Å²) >= 11 is 6.39. The molecule has 0 radical (unpaired) electrons. The number of para-hydroxylation sites is 1. The predicted molar refractivity (Wildman–Crippen MR) is 131 cm³/mol. The molecule has 172 valence electrons. The van der Waals surface area contributed by atoms with Gasteiger partial charge in [-0.1, -0.05) is 78.3 Å². The van der Waals surface area contributed by atoms with E-state index in [4.69, 9.17) is 16.3 Å². The van der Waals surface area contributed by atoms with Gasteiger partial charge >= 0.3 is 0 Å². The molecule has 0 unspecified atom stereocenters. The van der Waals surface area contributed by atoms with E-state index in [1.807, 2.05) is 78.9 Å². The maximum Gasteiger partial charge on any atom is 0.242 e. The topological polar surface area (TPSA) is 58.6 Å². The van der Waals surface area contributed by atoms with E-state index in [0.29, 0.717) is 24.5 Å². The Morgan fingerprint density at radius 3 is 2.24 bits per heavy atom. The van der Waals surface area contributed by atoms with Crippen molar-refractivity contribution in [3.63, 3.8) is 0 Å². The third kappa shape index (κ3) is 7.36. The molecule has 0 heterocycles. The van der Waals surface area contributed by atoms with Gasteiger partial charge in [0.25, 0.3) is 0 Å². The van der Waals surface area contributed by atoms with Crippen molar-refractivity contribution in [1.82, 2.24) is 10.2 Å². The van der Waals surface area contributed by atoms with Crippen molar-refractivity contribution in [2.75, 3.05) is 13.7 Å². The number of hydrogen-bond acceptors (Lipinski definition) is 3. The Labute approximate surface area is 200 Å². The fourth-order valence-electron chi connectivity index (χ4n) is 3.60. The van der Waals surface area contributed by atoms with Crippen LogP contribution in [0.25, 0.3) is 0 Å². The lowest BCUT2D eigenvalue weighted by Gasteiger charge is -2.31. The first-order chi connectivity index (χ1) is 16.1. The fraction of sp³-hybridized carbons (Fsp3) is 0.259. The van der Waals surface area contributed by atoms with Gasteiger partial charge in [-0.3, -0.25) is 9.59 Å². The summed E-state index contributed by atoms with van der Waals surface area (Å²) in [7, 11) is 1.59. The van der Waals surface area contributed by atoms with Crippen LogP contribution >= 0.6 is 11.6 Å². The summed E-state index contributed by atoms with van der Waals surface area (Å²) < 4.78 is 5.73. The zero-order valence-corrected chi connectivity index (χ0v) is 19.5. The molecule has 0 aliphatic carbocycles. The maximum absolute atomic E-state index is 13.4. The summed E-state index contributed by atoms with van der Waals surface area (Å²) in [5, 5.41) is 3.29. The normalized spacial score (nSPS) is 11.5. The average Bonchev–Trinajstić information content (AvgIpc) is 2.85. The Morgan fingerprint density at radius 1 is 0.939 bits per heavy atom. The van der Waals surface area contributed by atoms with Crippen molar-refractivity contribution in [2.24, 2.45) is 0 Å². The number of rotatable bonds is 11. The molecular formula is C27H29ClN2O3. The molecule has 0 aliphatic heterocycles. The first kappa shape index (κ1) is 24.3. The number of carbonyl (C=O) groups is 2. The van der Waals surface area contributed by atoms with Crippen molar-refractivity contribution in [3.05, 3.63) is 101 Å². The first-order valence-electron chi connectivity index (χ1n) is 11.0. The molecule has 3 aromatic rings. The van der Waals surface area contributed by atoms with Gasteiger partial charge < -0.3 is 15.0 Å². The van der Waals surface area contributed by atoms with E-state index in [-0.39, 0.29) is 24.8 Å². The van der Waals surface area contributed by atoms with Crippen LogP contribution in [0.1, 0.15) is 24.0 Å². The Bertz CT molecular complexity index is 1030. The predicted octanol–water partition coefficient (Wildman–Crippen LogP) is 4.89. The van der Waals surface area contributed by atoms with E-state index in [2.05, 4.69) is 5.32 Å². The lowest BCUT2D eigenvalue weighted by molar-refractivity contribution is -0.141. The molecule has 0 spiro atoms. The number of likely N-dealkylation sites (N-methyl/N-ethyl adjacent to an activating group) is 1. The summed E-state index contributed by atoms with van der Waals surface area (Å²) in [5.41, 5.74) is 1.78. The van der Waals surface area contributed by atoms with Crippen LogP contribution in [-0.2, 0) is 22.6 Å². The molecule has 1 atom stereocenters. The van der Waals surface area contributed by atoms with Crippen LogP contribution in [0.3, 0.4) is 0 Å². The number of carbonyl (C=O) groups excluding carboxylic acids is 2. The van der Waals surface area contributed by atoms with Gasteiger partial charge in [-0.25, -0.2) is 0 Å². The zero-order valence-electron chi connectivity index (χ0n) is 18.7. The highest BCUT2D eigenvalue weighted by Gasteiger charge is 2.29. The molecule has 3 aromatic carbocycles. The van der Waals surface area contributed by atoms with Gasteiger partial charge in [0, 0.05) is 31.5 Å². The molecule has 33 heavy (non-hydrogen) atoms. The number of nitrogens with one attached hydrogen (secondary N) is 1. The molecule has 3 rings (SSSR count). The second-order valence-electron chi connectivity index (χ2n) is 7.70. The van der Waals surface area contributed by atoms with E-state index < -0.39 is 6.04 Å². The number of benzene rings is 3. The first-order valence-corrected chi connectivity index (χ1v) is 11.4. The lowest BCUT2D eigenvalue weighted by Crippen LogP contribution is -2.49. The summed E-state index contributed by atoms with van der Waals surface area (Å²) in [4.78, 5) is 27.9. The molecule has 5 nitrogen and oxygen atoms in total. The van der Waals surface area contributed by atoms with Gasteiger partial charge in [0.05, 0.1) is 6.61 Å². The highest BCUT2D eigenvalue weighted by Crippen LogP contribution is 2.21. The lowest BCUT2D eigenvalue weighted by atomic mass is 10.0. The van der Waals surface area contributed by atoms with Gasteiger partial charge in [-0.05, 0) is 35.7 Å². The molecule has 0 aromatic heterocycles. The van der Waals surface area contributed by atoms with Crippen LogP contribution in [0.5, 0.6) is 5.75 Å². The van der Waals surface area contributed by atoms with E-state index in [9.17, 15) is 9.59 Å². The van der Waals surface area contributed by atoms with Crippen LogP contribution in [0.2, 0.25) is 5.02 Å². The van der Waals surface area contributed by atoms with Gasteiger partial charge in [0.2, 0.25) is 11.8 Å². The van der Waals surface area contributed by atoms with Crippen LogP contribution in [0, 0.1) is 0 Å². The summed E-state index contributed by atoms with van der Waals surface area (Å²) in [6.45, 7) is 0.669. The summed E-state index contributed by atoms with van der Waals surface area (Å²) in [5.74, 6) is 0.445. The molecule has 6 heteroatoms. The molecule has 0 saturated heterocycles. The smallest absolute Gasteiger partial charge is 0.242 e. The molecule has 0 saturated carbocycles. The van der Waals surface area contributed by atoms with E-state index in [1.54, 1.807) is 18.0 Å². The third-order valence-electron chi connectivity index (χ3n) is 5.36.